The lowest BCUT2D eigenvalue weighted by Crippen LogP contribution is -2.59. The number of phenols is 4. The molecule has 0 bridgehead atoms. The minimum absolute atomic E-state index is 0.145. The van der Waals surface area contributed by atoms with Gasteiger partial charge in [0.15, 0.2) is 29.1 Å². The van der Waals surface area contributed by atoms with Crippen molar-refractivity contribution >= 4 is 5.76 Å². The quantitative estimate of drug-likeness (QED) is 0.266. The summed E-state index contributed by atoms with van der Waals surface area (Å²) in [6.45, 7) is -0.718. The zero-order chi connectivity index (χ0) is 24.0. The van der Waals surface area contributed by atoms with Crippen molar-refractivity contribution in [3.63, 3.8) is 0 Å². The fraction of sp³-hybridized carbons (Fsp3) is 0.333. The van der Waals surface area contributed by atoms with E-state index in [0.717, 1.165) is 24.3 Å². The van der Waals surface area contributed by atoms with Crippen LogP contribution < -0.4 is 4.74 Å². The van der Waals surface area contributed by atoms with Crippen LogP contribution in [0.2, 0.25) is 0 Å². The molecule has 0 aromatic heterocycles. The zero-order valence-electron chi connectivity index (χ0n) is 16.8. The van der Waals surface area contributed by atoms with Crippen molar-refractivity contribution in [2.75, 3.05) is 6.61 Å². The van der Waals surface area contributed by atoms with E-state index in [1.807, 2.05) is 0 Å². The van der Waals surface area contributed by atoms with E-state index >= 15 is 0 Å². The van der Waals surface area contributed by atoms with Gasteiger partial charge in [0.25, 0.3) is 0 Å². The number of rotatable bonds is 4. The molecule has 0 radical (unpaired) electrons. The Labute approximate surface area is 186 Å². The van der Waals surface area contributed by atoms with E-state index < -0.39 is 72.2 Å². The molecule has 33 heavy (non-hydrogen) atoms. The van der Waals surface area contributed by atoms with Gasteiger partial charge in [-0.1, -0.05) is 6.07 Å². The second-order valence-electron chi connectivity index (χ2n) is 7.61. The summed E-state index contributed by atoms with van der Waals surface area (Å²) in [5.41, 5.74) is -0.0762. The Kier molecular flexibility index (Phi) is 5.86. The second-order valence-corrected chi connectivity index (χ2v) is 7.61. The third kappa shape index (κ3) is 3.94. The molecule has 2 aliphatic rings. The van der Waals surface area contributed by atoms with Gasteiger partial charge < -0.3 is 60.2 Å². The van der Waals surface area contributed by atoms with E-state index in [-0.39, 0.29) is 22.6 Å². The molecule has 9 N–H and O–H groups in total. The van der Waals surface area contributed by atoms with Gasteiger partial charge in [-0.3, -0.25) is 0 Å². The Bertz CT molecular complexity index is 1080. The van der Waals surface area contributed by atoms with Crippen molar-refractivity contribution in [3.05, 3.63) is 47.2 Å². The maximum atomic E-state index is 11.0. The smallest absolute Gasteiger partial charge is 0.229 e. The molecule has 0 amide bonds. The molecule has 2 aromatic rings. The maximum Gasteiger partial charge on any atom is 0.229 e. The molecule has 6 atom stereocenters. The average Bonchev–Trinajstić information content (AvgIpc) is 2.77. The SMILES string of the molecule is OCC1OC(OC2=C(O)C(c3ccc(O)c(O)c3)Oc3cc(O)cc(O)c32)C(O)C(O)C1O. The fourth-order valence-electron chi connectivity index (χ4n) is 3.67. The van der Waals surface area contributed by atoms with Crippen molar-refractivity contribution in [1.29, 1.82) is 0 Å². The van der Waals surface area contributed by atoms with Crippen molar-refractivity contribution in [3.8, 4) is 28.7 Å². The minimum Gasteiger partial charge on any atom is -0.508 e. The molecule has 12 nitrogen and oxygen atoms in total. The Morgan fingerprint density at radius 3 is 2.21 bits per heavy atom. The molecule has 1 saturated heterocycles. The zero-order valence-corrected chi connectivity index (χ0v) is 16.8. The van der Waals surface area contributed by atoms with Crippen molar-refractivity contribution in [2.24, 2.45) is 0 Å². The third-order valence-corrected chi connectivity index (χ3v) is 5.40. The average molecular weight is 466 g/mol. The number of aromatic hydroxyl groups is 4. The van der Waals surface area contributed by atoms with Gasteiger partial charge in [0.05, 0.1) is 6.61 Å². The summed E-state index contributed by atoms with van der Waals surface area (Å²) in [6.07, 6.45) is -9.58. The lowest BCUT2D eigenvalue weighted by Gasteiger charge is -2.40. The molecule has 12 heteroatoms. The molecular weight excluding hydrogens is 444 g/mol. The predicted molar refractivity (Wildman–Crippen MR) is 107 cm³/mol. The molecule has 2 aromatic carbocycles. The van der Waals surface area contributed by atoms with Gasteiger partial charge in [-0.25, -0.2) is 0 Å². The first-order valence-corrected chi connectivity index (χ1v) is 9.77. The first-order valence-electron chi connectivity index (χ1n) is 9.77. The normalized spacial score (nSPS) is 29.3. The van der Waals surface area contributed by atoms with E-state index in [1.54, 1.807) is 0 Å². The highest BCUT2D eigenvalue weighted by atomic mass is 16.7. The van der Waals surface area contributed by atoms with Gasteiger partial charge in [-0.05, 0) is 12.1 Å². The van der Waals surface area contributed by atoms with E-state index in [0.29, 0.717) is 0 Å². The highest BCUT2D eigenvalue weighted by Crippen LogP contribution is 2.48. The number of benzene rings is 2. The van der Waals surface area contributed by atoms with Crippen LogP contribution in [0.1, 0.15) is 17.2 Å². The van der Waals surface area contributed by atoms with E-state index in [1.165, 1.54) is 6.07 Å². The Morgan fingerprint density at radius 2 is 1.55 bits per heavy atom. The highest BCUT2D eigenvalue weighted by Gasteiger charge is 2.46. The lowest BCUT2D eigenvalue weighted by atomic mass is 9.98. The van der Waals surface area contributed by atoms with Crippen molar-refractivity contribution < 1.29 is 60.2 Å². The summed E-state index contributed by atoms with van der Waals surface area (Å²) in [5, 5.41) is 90.3. The number of aliphatic hydroxyl groups is 5. The molecule has 4 rings (SSSR count). The summed E-state index contributed by atoms with van der Waals surface area (Å²) in [7, 11) is 0. The molecule has 0 aliphatic carbocycles. The maximum absolute atomic E-state index is 11.0. The summed E-state index contributed by atoms with van der Waals surface area (Å²) in [5.74, 6) is -3.14. The topological polar surface area (TPSA) is 210 Å². The first-order chi connectivity index (χ1) is 15.6. The van der Waals surface area contributed by atoms with Gasteiger partial charge in [-0.2, -0.15) is 0 Å². The number of phenolic OH excluding ortho intramolecular Hbond substituents is 4. The molecule has 0 saturated carbocycles. The first kappa shape index (κ1) is 22.8. The predicted octanol–water partition coefficient (Wildman–Crippen LogP) is -0.314. The summed E-state index contributed by atoms with van der Waals surface area (Å²) < 4.78 is 16.6. The van der Waals surface area contributed by atoms with Crippen molar-refractivity contribution in [1.82, 2.24) is 0 Å². The highest BCUT2D eigenvalue weighted by molar-refractivity contribution is 5.76. The van der Waals surface area contributed by atoms with Crippen LogP contribution in [0.5, 0.6) is 28.7 Å². The van der Waals surface area contributed by atoms with E-state index in [9.17, 15) is 46.0 Å². The number of hydrogen-bond acceptors (Lipinski definition) is 12. The minimum atomic E-state index is -1.81. The largest absolute Gasteiger partial charge is 0.508 e. The molecular formula is C21H22O12. The van der Waals surface area contributed by atoms with Gasteiger partial charge in [-0.15, -0.1) is 0 Å². The number of ether oxygens (including phenoxy) is 3. The standard InChI is InChI=1S/C21H22O12/c22-6-13-15(27)16(28)17(29)21(32-13)33-20-14-11(26)4-8(23)5-12(14)31-19(18(20)30)7-1-2-9(24)10(25)3-7/h1-5,13,15-17,19,21-30H,6H2. The number of fused-ring (bicyclic) bond motifs is 1. The molecule has 0 spiro atoms. The van der Waals surface area contributed by atoms with Crippen LogP contribution >= 0.6 is 0 Å². The second kappa shape index (κ2) is 8.50. The monoisotopic (exact) mass is 466 g/mol. The van der Waals surface area contributed by atoms with Crippen LogP contribution in [-0.2, 0) is 9.47 Å². The Balaban J connectivity index is 1.79. The summed E-state index contributed by atoms with van der Waals surface area (Å²) in [4.78, 5) is 0. The van der Waals surface area contributed by atoms with Crippen LogP contribution in [0.3, 0.4) is 0 Å². The molecule has 2 aliphatic heterocycles. The Morgan fingerprint density at radius 1 is 0.818 bits per heavy atom. The van der Waals surface area contributed by atoms with Crippen molar-refractivity contribution in [2.45, 2.75) is 36.8 Å². The van der Waals surface area contributed by atoms with Gasteiger partial charge >= 0.3 is 0 Å². The van der Waals surface area contributed by atoms with E-state index in [4.69, 9.17) is 14.2 Å². The van der Waals surface area contributed by atoms with Crippen LogP contribution in [0.25, 0.3) is 5.76 Å². The van der Waals surface area contributed by atoms with Gasteiger partial charge in [0.2, 0.25) is 6.29 Å². The van der Waals surface area contributed by atoms with Crippen LogP contribution in [0, 0.1) is 0 Å². The van der Waals surface area contributed by atoms with Crippen LogP contribution in [0.15, 0.2) is 36.1 Å². The molecule has 178 valence electrons. The summed E-state index contributed by atoms with van der Waals surface area (Å²) >= 11 is 0. The summed E-state index contributed by atoms with van der Waals surface area (Å²) in [6, 6.07) is 5.64. The van der Waals surface area contributed by atoms with Crippen LogP contribution in [-0.4, -0.2) is 83.3 Å². The van der Waals surface area contributed by atoms with Gasteiger partial charge in [0.1, 0.15) is 47.2 Å². The van der Waals surface area contributed by atoms with Gasteiger partial charge in [0, 0.05) is 17.7 Å². The lowest BCUT2D eigenvalue weighted by molar-refractivity contribution is -0.284. The Hall–Kier alpha value is -3.42. The molecule has 6 unspecified atom stereocenters. The van der Waals surface area contributed by atoms with Crippen LogP contribution in [0.4, 0.5) is 0 Å². The fourth-order valence-corrected chi connectivity index (χ4v) is 3.67. The third-order valence-electron chi connectivity index (χ3n) is 5.40. The number of hydrogen-bond donors (Lipinski definition) is 9. The molecule has 1 fully saturated rings. The van der Waals surface area contributed by atoms with E-state index in [2.05, 4.69) is 0 Å². The molecule has 2 heterocycles. The number of aliphatic hydroxyl groups excluding tert-OH is 5.